The van der Waals surface area contributed by atoms with E-state index in [-0.39, 0.29) is 11.4 Å². The highest BCUT2D eigenvalue weighted by Gasteiger charge is 2.28. The van der Waals surface area contributed by atoms with E-state index in [1.807, 2.05) is 43.5 Å². The molecule has 1 aromatic heterocycles. The maximum absolute atomic E-state index is 13.3. The molecular weight excluding hydrogens is 406 g/mol. The van der Waals surface area contributed by atoms with Crippen molar-refractivity contribution in [3.63, 3.8) is 0 Å². The van der Waals surface area contributed by atoms with Crippen molar-refractivity contribution < 1.29 is 13.2 Å². The van der Waals surface area contributed by atoms with Gasteiger partial charge in [0.1, 0.15) is 6.54 Å². The summed E-state index contributed by atoms with van der Waals surface area (Å²) >= 11 is 1.48. The standard InChI is InChI=1S/C21H21N3O3S2/c1-16-10-11-20(17(2)13-16)24(29(26,27)19-8-4-3-5-9-19)15-21(25)23-22-14-18-7-6-12-28-18/h3-14H,15H2,1-2H3,(H,23,25)/b22-14-. The molecule has 0 atom stereocenters. The fourth-order valence-corrected chi connectivity index (χ4v) is 4.89. The second-order valence-electron chi connectivity index (χ2n) is 6.42. The van der Waals surface area contributed by atoms with E-state index in [0.29, 0.717) is 5.69 Å². The van der Waals surface area contributed by atoms with Gasteiger partial charge in [-0.25, -0.2) is 13.8 Å². The summed E-state index contributed by atoms with van der Waals surface area (Å²) in [7, 11) is -3.93. The Morgan fingerprint density at radius 3 is 2.52 bits per heavy atom. The average molecular weight is 428 g/mol. The zero-order chi connectivity index (χ0) is 20.9. The van der Waals surface area contributed by atoms with Crippen LogP contribution in [0.3, 0.4) is 0 Å². The molecule has 1 N–H and O–H groups in total. The zero-order valence-corrected chi connectivity index (χ0v) is 17.7. The zero-order valence-electron chi connectivity index (χ0n) is 16.1. The number of hydrazone groups is 1. The third-order valence-corrected chi connectivity index (χ3v) is 6.74. The Morgan fingerprint density at radius 2 is 1.86 bits per heavy atom. The molecule has 0 unspecified atom stereocenters. The van der Waals surface area contributed by atoms with Gasteiger partial charge in [-0.2, -0.15) is 5.10 Å². The van der Waals surface area contributed by atoms with Crippen LogP contribution in [0.1, 0.15) is 16.0 Å². The van der Waals surface area contributed by atoms with E-state index in [4.69, 9.17) is 0 Å². The van der Waals surface area contributed by atoms with Crippen molar-refractivity contribution >= 4 is 39.2 Å². The lowest BCUT2D eigenvalue weighted by atomic mass is 10.1. The molecule has 1 heterocycles. The highest BCUT2D eigenvalue weighted by atomic mass is 32.2. The monoisotopic (exact) mass is 427 g/mol. The van der Waals surface area contributed by atoms with Crippen molar-refractivity contribution in [2.45, 2.75) is 18.7 Å². The van der Waals surface area contributed by atoms with Crippen LogP contribution in [0.2, 0.25) is 0 Å². The lowest BCUT2D eigenvalue weighted by Gasteiger charge is -2.25. The Balaban J connectivity index is 1.89. The molecule has 150 valence electrons. The number of sulfonamides is 1. The van der Waals surface area contributed by atoms with Crippen molar-refractivity contribution in [3.05, 3.63) is 82.0 Å². The Labute approximate surface area is 174 Å². The molecule has 0 saturated carbocycles. The highest BCUT2D eigenvalue weighted by molar-refractivity contribution is 7.92. The lowest BCUT2D eigenvalue weighted by Crippen LogP contribution is -2.40. The van der Waals surface area contributed by atoms with Gasteiger partial charge in [0.15, 0.2) is 0 Å². The first kappa shape index (κ1) is 20.8. The molecule has 3 rings (SSSR count). The highest BCUT2D eigenvalue weighted by Crippen LogP contribution is 2.27. The summed E-state index contributed by atoms with van der Waals surface area (Å²) in [4.78, 5) is 13.5. The van der Waals surface area contributed by atoms with E-state index in [1.165, 1.54) is 29.7 Å². The molecule has 0 radical (unpaired) electrons. The van der Waals surface area contributed by atoms with Gasteiger partial charge in [-0.1, -0.05) is 42.0 Å². The molecule has 0 aliphatic carbocycles. The van der Waals surface area contributed by atoms with Crippen molar-refractivity contribution in [1.29, 1.82) is 0 Å². The van der Waals surface area contributed by atoms with Crippen LogP contribution in [0.4, 0.5) is 5.69 Å². The number of nitrogens with zero attached hydrogens (tertiary/aromatic N) is 2. The summed E-state index contributed by atoms with van der Waals surface area (Å²) < 4.78 is 27.7. The number of hydrogen-bond donors (Lipinski definition) is 1. The van der Waals surface area contributed by atoms with Gasteiger partial charge in [-0.15, -0.1) is 11.3 Å². The third kappa shape index (κ3) is 5.10. The lowest BCUT2D eigenvalue weighted by molar-refractivity contribution is -0.119. The molecule has 2 aromatic carbocycles. The summed E-state index contributed by atoms with van der Waals surface area (Å²) in [6.45, 7) is 3.37. The number of carbonyl (C=O) groups is 1. The van der Waals surface area contributed by atoms with E-state index in [0.717, 1.165) is 20.3 Å². The minimum Gasteiger partial charge on any atom is -0.271 e. The van der Waals surface area contributed by atoms with Gasteiger partial charge in [0.05, 0.1) is 16.8 Å². The number of nitrogens with one attached hydrogen (secondary N) is 1. The van der Waals surface area contributed by atoms with Crippen LogP contribution in [0.5, 0.6) is 0 Å². The molecule has 1 amide bonds. The van der Waals surface area contributed by atoms with Crippen LogP contribution in [-0.2, 0) is 14.8 Å². The largest absolute Gasteiger partial charge is 0.271 e. The summed E-state index contributed by atoms with van der Waals surface area (Å²) in [5.41, 5.74) is 4.63. The number of thiophene rings is 1. The molecule has 0 aliphatic heterocycles. The Hall–Kier alpha value is -2.97. The Kier molecular flexibility index (Phi) is 6.46. The van der Waals surface area contributed by atoms with E-state index in [2.05, 4.69) is 10.5 Å². The van der Waals surface area contributed by atoms with Crippen LogP contribution in [-0.4, -0.2) is 27.1 Å². The van der Waals surface area contributed by atoms with Crippen LogP contribution in [0.25, 0.3) is 0 Å². The van der Waals surface area contributed by atoms with Gasteiger partial charge in [0.25, 0.3) is 15.9 Å². The number of carbonyl (C=O) groups excluding carboxylic acids is 1. The molecule has 3 aromatic rings. The minimum absolute atomic E-state index is 0.120. The van der Waals surface area contributed by atoms with Crippen molar-refractivity contribution in [1.82, 2.24) is 5.43 Å². The average Bonchev–Trinajstić information content (AvgIpc) is 3.21. The number of benzene rings is 2. The maximum Gasteiger partial charge on any atom is 0.264 e. The van der Waals surface area contributed by atoms with Crippen LogP contribution in [0.15, 0.2) is 76.0 Å². The van der Waals surface area contributed by atoms with E-state index < -0.39 is 15.9 Å². The maximum atomic E-state index is 13.3. The summed E-state index contributed by atoms with van der Waals surface area (Å²) in [6, 6.07) is 17.2. The molecule has 0 spiro atoms. The van der Waals surface area contributed by atoms with E-state index in [1.54, 1.807) is 24.3 Å². The second kappa shape index (κ2) is 9.02. The molecule has 0 fully saturated rings. The minimum atomic E-state index is -3.93. The van der Waals surface area contributed by atoms with Gasteiger partial charge in [0, 0.05) is 4.88 Å². The first-order valence-corrected chi connectivity index (χ1v) is 11.2. The first-order valence-electron chi connectivity index (χ1n) is 8.88. The number of rotatable bonds is 7. The number of aryl methyl sites for hydroxylation is 2. The predicted octanol–water partition coefficient (Wildman–Crippen LogP) is 3.71. The molecule has 8 heteroatoms. The fraction of sp³-hybridized carbons (Fsp3) is 0.143. The van der Waals surface area contributed by atoms with Crippen LogP contribution in [0, 0.1) is 13.8 Å². The normalized spacial score (nSPS) is 11.5. The van der Waals surface area contributed by atoms with Crippen LogP contribution < -0.4 is 9.73 Å². The SMILES string of the molecule is Cc1ccc(N(CC(=O)N/N=C\c2cccs2)S(=O)(=O)c2ccccc2)c(C)c1. The number of hydrogen-bond acceptors (Lipinski definition) is 5. The number of anilines is 1. The predicted molar refractivity (Wildman–Crippen MR) is 117 cm³/mol. The summed E-state index contributed by atoms with van der Waals surface area (Å²) in [5, 5.41) is 5.82. The van der Waals surface area contributed by atoms with Gasteiger partial charge in [-0.3, -0.25) is 9.10 Å². The van der Waals surface area contributed by atoms with Gasteiger partial charge >= 0.3 is 0 Å². The number of amides is 1. The molecule has 29 heavy (non-hydrogen) atoms. The van der Waals surface area contributed by atoms with Gasteiger partial charge in [0.2, 0.25) is 0 Å². The van der Waals surface area contributed by atoms with Gasteiger partial charge in [-0.05, 0) is 49.1 Å². The Morgan fingerprint density at radius 1 is 1.10 bits per heavy atom. The third-order valence-electron chi connectivity index (χ3n) is 4.16. The smallest absolute Gasteiger partial charge is 0.264 e. The van der Waals surface area contributed by atoms with E-state index >= 15 is 0 Å². The molecule has 0 bridgehead atoms. The second-order valence-corrected chi connectivity index (χ2v) is 9.26. The quantitative estimate of drug-likeness (QED) is 0.461. The van der Waals surface area contributed by atoms with Crippen LogP contribution >= 0.6 is 11.3 Å². The van der Waals surface area contributed by atoms with Crippen molar-refractivity contribution in [2.24, 2.45) is 5.10 Å². The Bertz CT molecular complexity index is 1110. The molecule has 0 aliphatic rings. The first-order chi connectivity index (χ1) is 13.9. The fourth-order valence-electron chi connectivity index (χ4n) is 2.80. The summed E-state index contributed by atoms with van der Waals surface area (Å²) in [6.07, 6.45) is 1.52. The van der Waals surface area contributed by atoms with Crippen molar-refractivity contribution in [3.8, 4) is 0 Å². The van der Waals surface area contributed by atoms with E-state index in [9.17, 15) is 13.2 Å². The molecule has 0 saturated heterocycles. The van der Waals surface area contributed by atoms with Crippen molar-refractivity contribution in [2.75, 3.05) is 10.8 Å². The summed E-state index contributed by atoms with van der Waals surface area (Å²) in [5.74, 6) is -0.530. The van der Waals surface area contributed by atoms with Gasteiger partial charge < -0.3 is 0 Å². The molecular formula is C21H21N3O3S2. The molecule has 6 nitrogen and oxygen atoms in total. The topological polar surface area (TPSA) is 78.8 Å².